The summed E-state index contributed by atoms with van der Waals surface area (Å²) in [6.07, 6.45) is 0. The van der Waals surface area contributed by atoms with Gasteiger partial charge in [-0.25, -0.2) is 0 Å². The first-order valence-corrected chi connectivity index (χ1v) is 18.3. The van der Waals surface area contributed by atoms with E-state index >= 15 is 0 Å². The van der Waals surface area contributed by atoms with Crippen molar-refractivity contribution in [2.45, 2.75) is 5.92 Å². The van der Waals surface area contributed by atoms with E-state index in [1.54, 1.807) is 0 Å². The van der Waals surface area contributed by atoms with Crippen LogP contribution < -0.4 is 4.90 Å². The van der Waals surface area contributed by atoms with E-state index in [0.717, 1.165) is 17.1 Å². The Morgan fingerprint density at radius 3 is 1.43 bits per heavy atom. The first-order valence-electron chi connectivity index (χ1n) is 17.5. The van der Waals surface area contributed by atoms with Gasteiger partial charge in [0.15, 0.2) is 0 Å². The zero-order valence-corrected chi connectivity index (χ0v) is 28.9. The Morgan fingerprint density at radius 2 is 0.843 bits per heavy atom. The molecule has 242 valence electrons. The molecular weight excluding hydrogens is 635 g/mol. The van der Waals surface area contributed by atoms with Crippen molar-refractivity contribution in [3.05, 3.63) is 223 Å². The van der Waals surface area contributed by atoms with Gasteiger partial charge in [0.05, 0.1) is 0 Å². The van der Waals surface area contributed by atoms with Crippen molar-refractivity contribution in [1.82, 2.24) is 0 Å². The van der Waals surface area contributed by atoms with E-state index < -0.39 is 0 Å². The van der Waals surface area contributed by atoms with Crippen LogP contribution in [-0.4, -0.2) is 0 Å². The lowest BCUT2D eigenvalue weighted by atomic mass is 9.84. The topological polar surface area (TPSA) is 3.24 Å². The fraction of sp³-hybridized carbons (Fsp3) is 0.0204. The number of nitrogens with zero attached hydrogens (tertiary/aromatic N) is 1. The van der Waals surface area contributed by atoms with Crippen molar-refractivity contribution in [2.24, 2.45) is 0 Å². The zero-order chi connectivity index (χ0) is 34.0. The van der Waals surface area contributed by atoms with Gasteiger partial charge in [0, 0.05) is 43.2 Å². The van der Waals surface area contributed by atoms with E-state index in [2.05, 4.69) is 211 Å². The normalized spacial score (nSPS) is 11.3. The summed E-state index contributed by atoms with van der Waals surface area (Å²) in [5.74, 6) is 0.189. The van der Waals surface area contributed by atoms with Crippen LogP contribution in [0.2, 0.25) is 0 Å². The number of rotatable bonds is 8. The van der Waals surface area contributed by atoms with Crippen LogP contribution >= 0.6 is 11.3 Å². The highest BCUT2D eigenvalue weighted by Crippen LogP contribution is 2.43. The molecule has 1 nitrogen and oxygen atoms in total. The number of hydrogen-bond donors (Lipinski definition) is 0. The van der Waals surface area contributed by atoms with Gasteiger partial charge in [-0.1, -0.05) is 158 Å². The molecule has 0 saturated heterocycles. The Bertz CT molecular complexity index is 2460. The molecular formula is C49H35NS. The maximum absolute atomic E-state index is 2.37. The van der Waals surface area contributed by atoms with Gasteiger partial charge in [-0.15, -0.1) is 11.3 Å². The maximum Gasteiger partial charge on any atom is 0.0462 e. The Morgan fingerprint density at radius 1 is 0.353 bits per heavy atom. The molecule has 0 atom stereocenters. The monoisotopic (exact) mass is 669 g/mol. The molecule has 51 heavy (non-hydrogen) atoms. The summed E-state index contributed by atoms with van der Waals surface area (Å²) < 4.78 is 2.64. The first kappa shape index (κ1) is 30.8. The second-order valence-corrected chi connectivity index (χ2v) is 14.0. The number of hydrogen-bond acceptors (Lipinski definition) is 2. The maximum atomic E-state index is 2.37. The molecule has 0 aliphatic carbocycles. The minimum atomic E-state index is 0.189. The highest BCUT2D eigenvalue weighted by molar-refractivity contribution is 7.26. The quantitative estimate of drug-likeness (QED) is 0.146. The van der Waals surface area contributed by atoms with Gasteiger partial charge >= 0.3 is 0 Å². The Labute approximate surface area is 303 Å². The largest absolute Gasteiger partial charge is 0.311 e. The van der Waals surface area contributed by atoms with Gasteiger partial charge < -0.3 is 4.90 Å². The number of thiophene rings is 1. The average Bonchev–Trinajstić information content (AvgIpc) is 3.59. The highest BCUT2D eigenvalue weighted by Gasteiger charge is 2.18. The lowest BCUT2D eigenvalue weighted by molar-refractivity contribution is 0.978. The molecule has 8 aromatic carbocycles. The van der Waals surface area contributed by atoms with Crippen molar-refractivity contribution in [3.8, 4) is 22.3 Å². The highest BCUT2D eigenvalue weighted by atomic mass is 32.1. The number of fused-ring (bicyclic) bond motifs is 3. The predicted octanol–water partition coefficient (Wildman–Crippen LogP) is 14.0. The van der Waals surface area contributed by atoms with Crippen LogP contribution in [0, 0.1) is 0 Å². The molecule has 0 saturated carbocycles. The molecule has 0 fully saturated rings. The fourth-order valence-corrected chi connectivity index (χ4v) is 8.55. The van der Waals surface area contributed by atoms with Crippen molar-refractivity contribution in [1.29, 1.82) is 0 Å². The molecule has 2 heteroatoms. The summed E-state index contributed by atoms with van der Waals surface area (Å²) in [6.45, 7) is 0. The smallest absolute Gasteiger partial charge is 0.0462 e. The van der Waals surface area contributed by atoms with E-state index in [1.165, 1.54) is 59.1 Å². The van der Waals surface area contributed by atoms with Crippen LogP contribution in [0.1, 0.15) is 22.6 Å². The molecule has 0 aliphatic heterocycles. The van der Waals surface area contributed by atoms with E-state index in [0.29, 0.717) is 0 Å². The predicted molar refractivity (Wildman–Crippen MR) is 219 cm³/mol. The molecule has 9 aromatic rings. The van der Waals surface area contributed by atoms with Crippen molar-refractivity contribution in [2.75, 3.05) is 4.90 Å². The number of para-hydroxylation sites is 2. The average molecular weight is 670 g/mol. The first-order chi connectivity index (χ1) is 25.3. The summed E-state index contributed by atoms with van der Waals surface area (Å²) in [4.78, 5) is 2.30. The molecule has 0 unspecified atom stereocenters. The molecule has 0 radical (unpaired) electrons. The minimum Gasteiger partial charge on any atom is -0.311 e. The molecule has 0 amide bonds. The molecule has 0 aliphatic rings. The summed E-state index contributed by atoms with van der Waals surface area (Å²) in [6, 6.07) is 74.6. The minimum absolute atomic E-state index is 0.189. The van der Waals surface area contributed by atoms with Gasteiger partial charge in [0.25, 0.3) is 0 Å². The lowest BCUT2D eigenvalue weighted by Crippen LogP contribution is -2.09. The Kier molecular flexibility index (Phi) is 8.21. The number of benzene rings is 8. The van der Waals surface area contributed by atoms with E-state index in [-0.39, 0.29) is 5.92 Å². The Hall–Kier alpha value is -6.22. The van der Waals surface area contributed by atoms with E-state index in [9.17, 15) is 0 Å². The van der Waals surface area contributed by atoms with Crippen LogP contribution in [0.5, 0.6) is 0 Å². The van der Waals surface area contributed by atoms with Crippen LogP contribution in [0.3, 0.4) is 0 Å². The molecule has 1 aromatic heterocycles. The van der Waals surface area contributed by atoms with Gasteiger partial charge in [0.2, 0.25) is 0 Å². The second-order valence-electron chi connectivity index (χ2n) is 12.9. The fourth-order valence-electron chi connectivity index (χ4n) is 7.33. The van der Waals surface area contributed by atoms with Crippen LogP contribution in [0.15, 0.2) is 206 Å². The SMILES string of the molecule is c1ccc(C(c2ccccc2)c2ccc(-c3cccc4c3sc3ccc(-c5ccc(N(c6ccccc6)c6ccccc6)cc5)cc34)cc2)cc1. The third-order valence-corrected chi connectivity index (χ3v) is 11.0. The van der Waals surface area contributed by atoms with Crippen molar-refractivity contribution in [3.63, 3.8) is 0 Å². The molecule has 0 spiro atoms. The Balaban J connectivity index is 1.05. The van der Waals surface area contributed by atoms with Crippen molar-refractivity contribution >= 4 is 48.6 Å². The third kappa shape index (κ3) is 6.01. The molecule has 9 rings (SSSR count). The molecule has 0 bridgehead atoms. The van der Waals surface area contributed by atoms with Gasteiger partial charge in [-0.3, -0.25) is 0 Å². The van der Waals surface area contributed by atoms with Crippen LogP contribution in [-0.2, 0) is 0 Å². The van der Waals surface area contributed by atoms with Gasteiger partial charge in [-0.05, 0) is 87.5 Å². The second kappa shape index (κ2) is 13.6. The van der Waals surface area contributed by atoms with Gasteiger partial charge in [0.1, 0.15) is 0 Å². The third-order valence-electron chi connectivity index (χ3n) is 9.81. The molecule has 0 N–H and O–H groups in total. The van der Waals surface area contributed by atoms with E-state index in [1.807, 2.05) is 11.3 Å². The summed E-state index contributed by atoms with van der Waals surface area (Å²) in [7, 11) is 0. The van der Waals surface area contributed by atoms with Crippen LogP contribution in [0.4, 0.5) is 17.1 Å². The lowest BCUT2D eigenvalue weighted by Gasteiger charge is -2.25. The molecule has 1 heterocycles. The summed E-state index contributed by atoms with van der Waals surface area (Å²) in [5, 5.41) is 2.61. The van der Waals surface area contributed by atoms with Crippen molar-refractivity contribution < 1.29 is 0 Å². The standard InChI is InChI=1S/C49H35NS/c1-5-14-37(15-6-1)48(38-16-7-2-8-17-38)39-26-24-36(25-27-39)44-22-13-23-45-46-34-40(30-33-47(46)51-49(44)45)35-28-31-43(32-29-35)50(41-18-9-3-10-19-41)42-20-11-4-12-21-42/h1-34,48H. The number of anilines is 3. The summed E-state index contributed by atoms with van der Waals surface area (Å²) in [5.41, 5.74) is 12.3. The van der Waals surface area contributed by atoms with Gasteiger partial charge in [-0.2, -0.15) is 0 Å². The zero-order valence-electron chi connectivity index (χ0n) is 28.1. The van der Waals surface area contributed by atoms with Crippen LogP contribution in [0.25, 0.3) is 42.4 Å². The summed E-state index contributed by atoms with van der Waals surface area (Å²) >= 11 is 1.89. The van der Waals surface area contributed by atoms with E-state index in [4.69, 9.17) is 0 Å².